The van der Waals surface area contributed by atoms with E-state index in [1.165, 1.54) is 0 Å². The lowest BCUT2D eigenvalue weighted by molar-refractivity contribution is 0.0450. The van der Waals surface area contributed by atoms with Gasteiger partial charge in [-0.2, -0.15) is 0 Å². The molecule has 0 fully saturated rings. The Kier molecular flexibility index (Phi) is 23.5. The van der Waals surface area contributed by atoms with Gasteiger partial charge in [-0.3, -0.25) is 19.2 Å². The van der Waals surface area contributed by atoms with Crippen molar-refractivity contribution >= 4 is 58.3 Å². The third-order valence-electron chi connectivity index (χ3n) is 15.2. The highest BCUT2D eigenvalue weighted by Crippen LogP contribution is 2.53. The van der Waals surface area contributed by atoms with E-state index in [1.807, 2.05) is 95.2 Å². The van der Waals surface area contributed by atoms with Crippen LogP contribution in [0.4, 0.5) is 22.7 Å². The highest BCUT2D eigenvalue weighted by molar-refractivity contribution is 6.11. The summed E-state index contributed by atoms with van der Waals surface area (Å²) in [4.78, 5) is 85.1. The first-order valence-electron chi connectivity index (χ1n) is 32.7. The number of ether oxygens (including phenoxy) is 7. The summed E-state index contributed by atoms with van der Waals surface area (Å²) in [5.41, 5.74) is 4.15. The summed E-state index contributed by atoms with van der Waals surface area (Å²) in [5.74, 6) is -0.705. The topological polar surface area (TPSA) is 215 Å². The maximum absolute atomic E-state index is 15.3. The third-order valence-corrected chi connectivity index (χ3v) is 15.2. The zero-order valence-electron chi connectivity index (χ0n) is 58.8. The van der Waals surface area contributed by atoms with E-state index in [9.17, 15) is 19.2 Å². The number of hydrogen-bond acceptors (Lipinski definition) is 13. The molecule has 17 nitrogen and oxygen atoms in total. The highest BCUT2D eigenvalue weighted by atomic mass is 16.5. The first kappa shape index (κ1) is 72.6. The molecule has 4 amide bonds. The van der Waals surface area contributed by atoms with Gasteiger partial charge in [0.15, 0.2) is 0 Å². The molecule has 7 rings (SSSR count). The van der Waals surface area contributed by atoms with Crippen LogP contribution >= 0.6 is 0 Å². The van der Waals surface area contributed by atoms with Crippen LogP contribution in [0.5, 0.6) is 34.5 Å². The first-order chi connectivity index (χ1) is 44.0. The van der Waals surface area contributed by atoms with Crippen molar-refractivity contribution in [2.24, 2.45) is 35.5 Å². The Morgan fingerprint density at radius 2 is 0.638 bits per heavy atom. The number of carbonyl (C=O) groups excluding carboxylic acids is 6. The normalized spacial score (nSPS) is 12.7. The molecule has 0 atom stereocenters. The van der Waals surface area contributed by atoms with Crippen LogP contribution in [0.1, 0.15) is 223 Å². The Morgan fingerprint density at radius 3 is 0.915 bits per heavy atom. The summed E-state index contributed by atoms with van der Waals surface area (Å²) in [6.45, 7) is 42.0. The van der Waals surface area contributed by atoms with E-state index in [4.69, 9.17) is 33.2 Å². The SMILES string of the molecule is CC(C)COC(=O)c1ccc(NC(=O)c2ccc(NC(=O)c3cc(C(C)(C)C)cc4c3Oc3c(C(=O)Nc5ccc(C(=O)Nc6ccc(C(=O)OCC(C)C)cc6OCC(C)C)cc5OCC(C)C)cc(C(C)(C)C)cc3C4(C)C)c(OCC(C)C)c2)c(OCC(C)C)c1. The molecule has 1 heterocycles. The van der Waals surface area contributed by atoms with Gasteiger partial charge in [0.1, 0.15) is 34.5 Å². The van der Waals surface area contributed by atoms with E-state index in [0.29, 0.717) is 47.5 Å². The van der Waals surface area contributed by atoms with Crippen LogP contribution in [-0.4, -0.2) is 75.2 Å². The second-order valence-electron chi connectivity index (χ2n) is 29.5. The molecule has 1 aliphatic rings. The van der Waals surface area contributed by atoms with Gasteiger partial charge in [0.25, 0.3) is 23.6 Å². The maximum Gasteiger partial charge on any atom is 0.338 e. The molecule has 1 aliphatic heterocycles. The number of benzene rings is 6. The zero-order valence-corrected chi connectivity index (χ0v) is 58.8. The standard InChI is InChI=1S/C77H98N4O13/c1-43(2)37-88-63-29-49(69(82)78-59-27-23-51(73(86)92-41-47(9)10)31-65(59)90-39-45(5)6)21-25-61(63)80-71(84)55-33-53(75(13,14)15)35-57-67(55)94-68-56(34-54(76(16,17)18)36-58(68)77(57,19)20)72(85)81-62-26-22-50(30-64(62)89-38-44(3)4)70(83)79-60-28-24-52(74(87)93-42-48(11)12)32-66(60)91-40-46(7)8/h21-36,43-48H,37-42H2,1-20H3,(H,78,82)(H,79,83)(H,80,84)(H,81,85). The van der Waals surface area contributed by atoms with E-state index in [1.54, 1.807) is 72.8 Å². The Labute approximate surface area is 556 Å². The number of esters is 2. The zero-order chi connectivity index (χ0) is 69.3. The van der Waals surface area contributed by atoms with Gasteiger partial charge in [-0.05, 0) is 142 Å². The average Bonchev–Trinajstić information content (AvgIpc) is 0.724. The second kappa shape index (κ2) is 30.5. The van der Waals surface area contributed by atoms with Crippen molar-refractivity contribution in [3.05, 3.63) is 153 Å². The number of carbonyl (C=O) groups is 6. The monoisotopic (exact) mass is 1290 g/mol. The maximum atomic E-state index is 15.3. The van der Waals surface area contributed by atoms with Crippen LogP contribution in [0.25, 0.3) is 0 Å². The Hall–Kier alpha value is -8.86. The van der Waals surface area contributed by atoms with E-state index < -0.39 is 51.8 Å². The van der Waals surface area contributed by atoms with Crippen LogP contribution in [0, 0.1) is 35.5 Å². The second-order valence-corrected chi connectivity index (χ2v) is 29.5. The van der Waals surface area contributed by atoms with Gasteiger partial charge in [0.2, 0.25) is 0 Å². The molecule has 0 spiro atoms. The molecule has 504 valence electrons. The van der Waals surface area contributed by atoms with Crippen molar-refractivity contribution in [2.45, 2.75) is 155 Å². The largest absolute Gasteiger partial charge is 0.491 e. The summed E-state index contributed by atoms with van der Waals surface area (Å²) in [7, 11) is 0. The molecule has 0 aliphatic carbocycles. The molecule has 0 unspecified atom stereocenters. The Balaban J connectivity index is 1.24. The van der Waals surface area contributed by atoms with Crippen molar-refractivity contribution < 1.29 is 61.9 Å². The Morgan fingerprint density at radius 1 is 0.372 bits per heavy atom. The van der Waals surface area contributed by atoms with Crippen molar-refractivity contribution in [3.8, 4) is 34.5 Å². The summed E-state index contributed by atoms with van der Waals surface area (Å²) < 4.78 is 43.0. The fourth-order valence-electron chi connectivity index (χ4n) is 9.82. The summed E-state index contributed by atoms with van der Waals surface area (Å²) in [5, 5.41) is 12.1. The smallest absolute Gasteiger partial charge is 0.338 e. The predicted octanol–water partition coefficient (Wildman–Crippen LogP) is 17.5. The number of fused-ring (bicyclic) bond motifs is 2. The number of amides is 4. The molecule has 17 heteroatoms. The van der Waals surface area contributed by atoms with E-state index >= 15 is 9.59 Å². The lowest BCUT2D eigenvalue weighted by Gasteiger charge is -2.38. The summed E-state index contributed by atoms with van der Waals surface area (Å²) in [6.07, 6.45) is 0. The van der Waals surface area contributed by atoms with Crippen LogP contribution in [0.3, 0.4) is 0 Å². The lowest BCUT2D eigenvalue weighted by atomic mass is 9.70. The van der Waals surface area contributed by atoms with Gasteiger partial charge in [0.05, 0.1) is 84.6 Å². The molecular weight excluding hydrogens is 1190 g/mol. The molecule has 0 saturated carbocycles. The van der Waals surface area contributed by atoms with Crippen LogP contribution in [0.2, 0.25) is 0 Å². The summed E-state index contributed by atoms with van der Waals surface area (Å²) >= 11 is 0. The minimum atomic E-state index is -0.856. The number of nitrogens with one attached hydrogen (secondary N) is 4. The van der Waals surface area contributed by atoms with E-state index in [2.05, 4.69) is 88.8 Å². The number of rotatable bonds is 26. The quantitative estimate of drug-likeness (QED) is 0.0372. The van der Waals surface area contributed by atoms with Gasteiger partial charge in [-0.1, -0.05) is 151 Å². The molecule has 6 aromatic carbocycles. The van der Waals surface area contributed by atoms with Crippen molar-refractivity contribution in [3.63, 3.8) is 0 Å². The minimum Gasteiger partial charge on any atom is -0.491 e. The highest BCUT2D eigenvalue weighted by Gasteiger charge is 2.41. The molecule has 0 saturated heterocycles. The van der Waals surface area contributed by atoms with Gasteiger partial charge in [-0.15, -0.1) is 0 Å². The van der Waals surface area contributed by atoms with Crippen LogP contribution in [-0.2, 0) is 25.7 Å². The van der Waals surface area contributed by atoms with Crippen molar-refractivity contribution in [1.29, 1.82) is 0 Å². The third kappa shape index (κ3) is 18.7. The molecule has 0 aromatic heterocycles. The van der Waals surface area contributed by atoms with Crippen LogP contribution in [0.15, 0.2) is 97.1 Å². The fourth-order valence-corrected chi connectivity index (χ4v) is 9.82. The van der Waals surface area contributed by atoms with Gasteiger partial charge >= 0.3 is 11.9 Å². The predicted molar refractivity (Wildman–Crippen MR) is 372 cm³/mol. The molecule has 0 radical (unpaired) electrons. The van der Waals surface area contributed by atoms with Gasteiger partial charge < -0.3 is 54.4 Å². The van der Waals surface area contributed by atoms with Crippen molar-refractivity contribution in [2.75, 3.05) is 60.9 Å². The lowest BCUT2D eigenvalue weighted by Crippen LogP contribution is -2.30. The molecule has 0 bridgehead atoms. The molecule has 6 aromatic rings. The Bertz CT molecular complexity index is 3530. The first-order valence-corrected chi connectivity index (χ1v) is 32.7. The van der Waals surface area contributed by atoms with Crippen LogP contribution < -0.4 is 45.0 Å². The number of anilines is 4. The molecular formula is C77H98N4O13. The molecule has 4 N–H and O–H groups in total. The van der Waals surface area contributed by atoms with E-state index in [0.717, 1.165) is 22.3 Å². The summed E-state index contributed by atoms with van der Waals surface area (Å²) in [6, 6.07) is 26.9. The van der Waals surface area contributed by atoms with Gasteiger partial charge in [0, 0.05) is 27.7 Å². The van der Waals surface area contributed by atoms with E-state index in [-0.39, 0.29) is 118 Å². The molecule has 94 heavy (non-hydrogen) atoms. The minimum absolute atomic E-state index is 0.0724. The number of hydrogen-bond donors (Lipinski definition) is 4. The fraction of sp³-hybridized carbons (Fsp3) is 0.455. The average molecular weight is 1290 g/mol. The van der Waals surface area contributed by atoms with Gasteiger partial charge in [-0.25, -0.2) is 9.59 Å². The van der Waals surface area contributed by atoms with Crippen molar-refractivity contribution in [1.82, 2.24) is 0 Å².